The first-order valence-electron chi connectivity index (χ1n) is 7.13. The third-order valence-corrected chi connectivity index (χ3v) is 4.24. The number of imidazole rings is 1. The number of rotatable bonds is 5. The van der Waals surface area contributed by atoms with E-state index in [-0.39, 0.29) is 0 Å². The maximum absolute atomic E-state index is 9.54. The first kappa shape index (κ1) is 15.3. The van der Waals surface area contributed by atoms with Crippen molar-refractivity contribution < 1.29 is 4.74 Å². The average molecular weight is 368 g/mol. The summed E-state index contributed by atoms with van der Waals surface area (Å²) in [6.07, 6.45) is 3.40. The fourth-order valence-corrected chi connectivity index (χ4v) is 2.70. The van der Waals surface area contributed by atoms with Crippen molar-refractivity contribution >= 4 is 15.9 Å². The van der Waals surface area contributed by atoms with Gasteiger partial charge in [-0.1, -0.05) is 64.5 Å². The predicted molar refractivity (Wildman–Crippen MR) is 90.9 cm³/mol. The Hall–Kier alpha value is -2.58. The van der Waals surface area contributed by atoms with Crippen molar-refractivity contribution in [3.63, 3.8) is 0 Å². The summed E-state index contributed by atoms with van der Waals surface area (Å²) in [6.45, 7) is 0.380. The molecule has 0 amide bonds. The standard InChI is InChI=1S/C18H14BrN3O/c19-16-9-5-4-8-15(16)13-23-18-21-10-11-22(18)17(12-20)14-6-2-1-3-7-14/h1-11,17H,13H2. The number of nitriles is 1. The number of nitrogens with zero attached hydrogens (tertiary/aromatic N) is 3. The number of ether oxygens (including phenoxy) is 1. The van der Waals surface area contributed by atoms with E-state index in [0.717, 1.165) is 15.6 Å². The molecule has 1 heterocycles. The van der Waals surface area contributed by atoms with Crippen LogP contribution in [-0.2, 0) is 6.61 Å². The van der Waals surface area contributed by atoms with E-state index in [1.807, 2.05) is 54.6 Å². The second kappa shape index (κ2) is 7.12. The van der Waals surface area contributed by atoms with Crippen molar-refractivity contribution in [1.82, 2.24) is 9.55 Å². The summed E-state index contributed by atoms with van der Waals surface area (Å²) in [4.78, 5) is 4.23. The Morgan fingerprint density at radius 3 is 2.61 bits per heavy atom. The summed E-state index contributed by atoms with van der Waals surface area (Å²) >= 11 is 3.50. The molecule has 0 radical (unpaired) electrons. The Bertz CT molecular complexity index is 824. The van der Waals surface area contributed by atoms with Gasteiger partial charge in [0.2, 0.25) is 0 Å². The Morgan fingerprint density at radius 2 is 1.87 bits per heavy atom. The Labute approximate surface area is 143 Å². The lowest BCUT2D eigenvalue weighted by molar-refractivity contribution is 0.265. The highest BCUT2D eigenvalue weighted by atomic mass is 79.9. The Kier molecular flexibility index (Phi) is 4.74. The van der Waals surface area contributed by atoms with Crippen molar-refractivity contribution in [2.75, 3.05) is 0 Å². The summed E-state index contributed by atoms with van der Waals surface area (Å²) < 4.78 is 8.55. The highest BCUT2D eigenvalue weighted by Crippen LogP contribution is 2.24. The van der Waals surface area contributed by atoms with Crippen LogP contribution in [0, 0.1) is 11.3 Å². The molecule has 1 atom stereocenters. The van der Waals surface area contributed by atoms with E-state index < -0.39 is 6.04 Å². The maximum atomic E-state index is 9.54. The largest absolute Gasteiger partial charge is 0.460 e. The Balaban J connectivity index is 1.82. The molecule has 1 unspecified atom stereocenters. The second-order valence-corrected chi connectivity index (χ2v) is 5.79. The normalized spacial score (nSPS) is 11.7. The Morgan fingerprint density at radius 1 is 1.13 bits per heavy atom. The highest BCUT2D eigenvalue weighted by Gasteiger charge is 2.17. The van der Waals surface area contributed by atoms with Gasteiger partial charge in [0, 0.05) is 22.4 Å². The third-order valence-electron chi connectivity index (χ3n) is 3.46. The van der Waals surface area contributed by atoms with Gasteiger partial charge in [0.1, 0.15) is 6.61 Å². The van der Waals surface area contributed by atoms with Crippen molar-refractivity contribution in [1.29, 1.82) is 5.26 Å². The lowest BCUT2D eigenvalue weighted by Crippen LogP contribution is -2.10. The van der Waals surface area contributed by atoms with Gasteiger partial charge in [0.25, 0.3) is 6.01 Å². The molecule has 114 valence electrons. The van der Waals surface area contributed by atoms with Gasteiger partial charge in [-0.05, 0) is 11.6 Å². The molecule has 0 saturated carbocycles. The molecule has 0 aliphatic carbocycles. The predicted octanol–water partition coefficient (Wildman–Crippen LogP) is 4.34. The summed E-state index contributed by atoms with van der Waals surface area (Å²) in [5, 5.41) is 9.54. The lowest BCUT2D eigenvalue weighted by atomic mass is 10.1. The minimum absolute atomic E-state index is 0.380. The molecular weight excluding hydrogens is 354 g/mol. The van der Waals surface area contributed by atoms with Crippen LogP contribution in [0.3, 0.4) is 0 Å². The fraction of sp³-hybridized carbons (Fsp3) is 0.111. The molecule has 3 aromatic rings. The van der Waals surface area contributed by atoms with Gasteiger partial charge >= 0.3 is 0 Å². The molecule has 3 rings (SSSR count). The summed E-state index contributed by atoms with van der Waals surface area (Å²) in [5.41, 5.74) is 1.93. The minimum atomic E-state index is -0.465. The lowest BCUT2D eigenvalue weighted by Gasteiger charge is -2.15. The topological polar surface area (TPSA) is 50.8 Å². The van der Waals surface area contributed by atoms with E-state index in [1.54, 1.807) is 17.0 Å². The molecule has 0 aliphatic rings. The molecule has 1 aromatic heterocycles. The maximum Gasteiger partial charge on any atom is 0.297 e. The van der Waals surface area contributed by atoms with Crippen LogP contribution in [0.5, 0.6) is 6.01 Å². The van der Waals surface area contributed by atoms with Crippen LogP contribution in [-0.4, -0.2) is 9.55 Å². The molecule has 0 spiro atoms. The van der Waals surface area contributed by atoms with Crippen LogP contribution in [0.4, 0.5) is 0 Å². The van der Waals surface area contributed by atoms with Gasteiger partial charge in [-0.2, -0.15) is 5.26 Å². The van der Waals surface area contributed by atoms with Crippen LogP contribution in [0.1, 0.15) is 17.2 Å². The number of hydrogen-bond donors (Lipinski definition) is 0. The van der Waals surface area contributed by atoms with Crippen molar-refractivity contribution in [2.24, 2.45) is 0 Å². The minimum Gasteiger partial charge on any atom is -0.460 e. The van der Waals surface area contributed by atoms with Gasteiger partial charge < -0.3 is 4.74 Å². The monoisotopic (exact) mass is 367 g/mol. The van der Waals surface area contributed by atoms with E-state index in [4.69, 9.17) is 4.74 Å². The van der Waals surface area contributed by atoms with Crippen LogP contribution < -0.4 is 4.74 Å². The number of hydrogen-bond acceptors (Lipinski definition) is 3. The van der Waals surface area contributed by atoms with E-state index in [2.05, 4.69) is 27.0 Å². The van der Waals surface area contributed by atoms with Gasteiger partial charge in [-0.15, -0.1) is 0 Å². The van der Waals surface area contributed by atoms with Crippen LogP contribution >= 0.6 is 15.9 Å². The summed E-state index contributed by atoms with van der Waals surface area (Å²) in [7, 11) is 0. The average Bonchev–Trinajstić information content (AvgIpc) is 3.04. The summed E-state index contributed by atoms with van der Waals surface area (Å²) in [5.74, 6) is 0. The SMILES string of the molecule is N#CC(c1ccccc1)n1ccnc1OCc1ccccc1Br. The van der Waals surface area contributed by atoms with Gasteiger partial charge in [-0.3, -0.25) is 4.57 Å². The van der Waals surface area contributed by atoms with Crippen molar-refractivity contribution in [2.45, 2.75) is 12.6 Å². The fourth-order valence-electron chi connectivity index (χ4n) is 2.30. The molecule has 0 N–H and O–H groups in total. The van der Waals surface area contributed by atoms with Crippen molar-refractivity contribution in [3.05, 3.63) is 82.6 Å². The number of benzene rings is 2. The van der Waals surface area contributed by atoms with E-state index >= 15 is 0 Å². The zero-order chi connectivity index (χ0) is 16.1. The molecule has 4 nitrogen and oxygen atoms in total. The highest BCUT2D eigenvalue weighted by molar-refractivity contribution is 9.10. The number of halogens is 1. The smallest absolute Gasteiger partial charge is 0.297 e. The van der Waals surface area contributed by atoms with Gasteiger partial charge in [0.05, 0.1) is 6.07 Å². The summed E-state index contributed by atoms with van der Waals surface area (Å²) in [6, 6.07) is 19.7. The first-order chi connectivity index (χ1) is 11.3. The molecule has 0 fully saturated rings. The molecule has 0 saturated heterocycles. The van der Waals surface area contributed by atoms with E-state index in [9.17, 15) is 5.26 Å². The van der Waals surface area contributed by atoms with Crippen LogP contribution in [0.2, 0.25) is 0 Å². The quantitative estimate of drug-likeness (QED) is 0.673. The van der Waals surface area contributed by atoms with E-state index in [0.29, 0.717) is 12.6 Å². The molecule has 23 heavy (non-hydrogen) atoms. The second-order valence-electron chi connectivity index (χ2n) is 4.94. The molecule has 0 aliphatic heterocycles. The van der Waals surface area contributed by atoms with Crippen LogP contribution in [0.15, 0.2) is 71.5 Å². The number of aromatic nitrogens is 2. The van der Waals surface area contributed by atoms with Crippen LogP contribution in [0.25, 0.3) is 0 Å². The molecule has 0 bridgehead atoms. The molecular formula is C18H14BrN3O. The van der Waals surface area contributed by atoms with Crippen molar-refractivity contribution in [3.8, 4) is 12.1 Å². The first-order valence-corrected chi connectivity index (χ1v) is 7.92. The van der Waals surface area contributed by atoms with Gasteiger partial charge in [-0.25, -0.2) is 4.98 Å². The zero-order valence-electron chi connectivity index (χ0n) is 12.3. The van der Waals surface area contributed by atoms with Gasteiger partial charge in [0.15, 0.2) is 6.04 Å². The van der Waals surface area contributed by atoms with E-state index in [1.165, 1.54) is 0 Å². The molecule has 5 heteroatoms. The third kappa shape index (κ3) is 3.43. The zero-order valence-corrected chi connectivity index (χ0v) is 13.8. The molecule has 2 aromatic carbocycles.